The molecule has 0 bridgehead atoms. The lowest BCUT2D eigenvalue weighted by Gasteiger charge is -2.10. The summed E-state index contributed by atoms with van der Waals surface area (Å²) < 4.78 is 11.8. The normalized spacial score (nSPS) is 10.6. The molecule has 0 saturated heterocycles. The van der Waals surface area contributed by atoms with Gasteiger partial charge in [-0.15, -0.1) is 0 Å². The van der Waals surface area contributed by atoms with Crippen LogP contribution in [0.4, 0.5) is 5.69 Å². The average Bonchev–Trinajstić information content (AvgIpc) is 3.30. The highest BCUT2D eigenvalue weighted by Gasteiger charge is 2.21. The molecule has 1 N–H and O–H groups in total. The van der Waals surface area contributed by atoms with Crippen molar-refractivity contribution in [2.45, 2.75) is 17.5 Å². The van der Waals surface area contributed by atoms with Gasteiger partial charge in [0.05, 0.1) is 11.6 Å². The zero-order chi connectivity index (χ0) is 24.7. The molecule has 1 amide bonds. The molecule has 2 heterocycles. The third kappa shape index (κ3) is 5.37. The molecule has 3 aromatic carbocycles. The number of benzene rings is 3. The van der Waals surface area contributed by atoms with Crippen molar-refractivity contribution in [3.63, 3.8) is 0 Å². The first-order valence-electron chi connectivity index (χ1n) is 11.1. The minimum absolute atomic E-state index is 0.249. The highest BCUT2D eigenvalue weighted by Crippen LogP contribution is 2.31. The molecule has 0 spiro atoms. The van der Waals surface area contributed by atoms with Crippen LogP contribution in [0.3, 0.4) is 0 Å². The molecule has 7 nitrogen and oxygen atoms in total. The third-order valence-electron chi connectivity index (χ3n) is 5.35. The first-order chi connectivity index (χ1) is 17.7. The standard InChI is InChI=1S/C28H20N4O3S/c29-16-19-6-3-7-20(14-19)17-34-22-9-4-8-21(15-22)32-27(33)26-24(18-36-28-30-12-5-13-31-28)23-10-1-2-11-25(23)35-26/h1-15H,17-18H2,(H,32,33). The van der Waals surface area contributed by atoms with Crippen LogP contribution < -0.4 is 10.1 Å². The molecular formula is C28H20N4O3S. The van der Waals surface area contributed by atoms with Crippen LogP contribution in [0.1, 0.15) is 27.2 Å². The number of nitrogens with zero attached hydrogens (tertiary/aromatic N) is 3. The smallest absolute Gasteiger partial charge is 0.291 e. The van der Waals surface area contributed by atoms with E-state index in [2.05, 4.69) is 21.4 Å². The maximum atomic E-state index is 13.3. The maximum Gasteiger partial charge on any atom is 0.291 e. The van der Waals surface area contributed by atoms with E-state index < -0.39 is 0 Å². The fourth-order valence-electron chi connectivity index (χ4n) is 3.67. The van der Waals surface area contributed by atoms with E-state index in [1.807, 2.05) is 42.5 Å². The Morgan fingerprint density at radius 2 is 1.83 bits per heavy atom. The number of carbonyl (C=O) groups is 1. The van der Waals surface area contributed by atoms with Crippen molar-refractivity contribution in [1.29, 1.82) is 5.26 Å². The van der Waals surface area contributed by atoms with E-state index in [0.29, 0.717) is 40.1 Å². The predicted octanol–water partition coefficient (Wildman–Crippen LogP) is 6.22. The number of para-hydroxylation sites is 1. The number of carbonyl (C=O) groups excluding carboxylic acids is 1. The van der Waals surface area contributed by atoms with Crippen LogP contribution in [-0.2, 0) is 12.4 Å². The summed E-state index contributed by atoms with van der Waals surface area (Å²) >= 11 is 1.44. The van der Waals surface area contributed by atoms with Gasteiger partial charge in [0, 0.05) is 40.8 Å². The number of hydrogen-bond acceptors (Lipinski definition) is 7. The van der Waals surface area contributed by atoms with E-state index in [1.165, 1.54) is 11.8 Å². The highest BCUT2D eigenvalue weighted by molar-refractivity contribution is 7.98. The number of amides is 1. The molecule has 8 heteroatoms. The van der Waals surface area contributed by atoms with Gasteiger partial charge in [0.15, 0.2) is 10.9 Å². The molecular weight excluding hydrogens is 472 g/mol. The molecule has 0 atom stereocenters. The predicted molar refractivity (Wildman–Crippen MR) is 138 cm³/mol. The number of fused-ring (bicyclic) bond motifs is 1. The molecule has 0 aliphatic carbocycles. The van der Waals surface area contributed by atoms with Gasteiger partial charge >= 0.3 is 0 Å². The topological polar surface area (TPSA) is 101 Å². The number of furan rings is 1. The quantitative estimate of drug-likeness (QED) is 0.203. The first-order valence-corrected chi connectivity index (χ1v) is 12.1. The number of thioether (sulfide) groups is 1. The molecule has 0 aliphatic rings. The van der Waals surface area contributed by atoms with Gasteiger partial charge in [-0.3, -0.25) is 4.79 Å². The van der Waals surface area contributed by atoms with Crippen molar-refractivity contribution in [2.75, 3.05) is 5.32 Å². The Morgan fingerprint density at radius 3 is 2.69 bits per heavy atom. The lowest BCUT2D eigenvalue weighted by Crippen LogP contribution is -2.13. The van der Waals surface area contributed by atoms with E-state index in [-0.39, 0.29) is 11.7 Å². The fourth-order valence-corrected chi connectivity index (χ4v) is 4.50. The van der Waals surface area contributed by atoms with Gasteiger partial charge < -0.3 is 14.5 Å². The van der Waals surface area contributed by atoms with E-state index >= 15 is 0 Å². The molecule has 0 saturated carbocycles. The van der Waals surface area contributed by atoms with E-state index in [0.717, 1.165) is 16.5 Å². The van der Waals surface area contributed by atoms with Crippen molar-refractivity contribution in [3.05, 3.63) is 114 Å². The van der Waals surface area contributed by atoms with Crippen molar-refractivity contribution in [1.82, 2.24) is 9.97 Å². The van der Waals surface area contributed by atoms with Crippen LogP contribution in [0.25, 0.3) is 11.0 Å². The van der Waals surface area contributed by atoms with Crippen molar-refractivity contribution in [3.8, 4) is 11.8 Å². The van der Waals surface area contributed by atoms with Crippen molar-refractivity contribution in [2.24, 2.45) is 0 Å². The number of ether oxygens (including phenoxy) is 1. The average molecular weight is 493 g/mol. The zero-order valence-electron chi connectivity index (χ0n) is 19.0. The van der Waals surface area contributed by atoms with Gasteiger partial charge in [0.25, 0.3) is 5.91 Å². The second-order valence-corrected chi connectivity index (χ2v) is 8.75. The number of aromatic nitrogens is 2. The second-order valence-electron chi connectivity index (χ2n) is 7.81. The summed E-state index contributed by atoms with van der Waals surface area (Å²) in [4.78, 5) is 21.8. The lowest BCUT2D eigenvalue weighted by molar-refractivity contribution is 0.0998. The Morgan fingerprint density at radius 1 is 1.00 bits per heavy atom. The molecule has 0 unspecified atom stereocenters. The van der Waals surface area contributed by atoms with E-state index in [9.17, 15) is 4.79 Å². The van der Waals surface area contributed by atoms with Gasteiger partial charge in [-0.2, -0.15) is 5.26 Å². The minimum Gasteiger partial charge on any atom is -0.489 e. The fraction of sp³-hybridized carbons (Fsp3) is 0.0714. The van der Waals surface area contributed by atoms with E-state index in [4.69, 9.17) is 14.4 Å². The van der Waals surface area contributed by atoms with Crippen LogP contribution in [0.2, 0.25) is 0 Å². The molecule has 0 radical (unpaired) electrons. The third-order valence-corrected chi connectivity index (χ3v) is 6.25. The molecule has 36 heavy (non-hydrogen) atoms. The van der Waals surface area contributed by atoms with Crippen molar-refractivity contribution >= 4 is 34.3 Å². The number of nitrogens with one attached hydrogen (secondary N) is 1. The zero-order valence-corrected chi connectivity index (χ0v) is 19.9. The number of anilines is 1. The van der Waals surface area contributed by atoms with Gasteiger partial charge in [0.2, 0.25) is 0 Å². The van der Waals surface area contributed by atoms with Crippen LogP contribution in [0.5, 0.6) is 5.75 Å². The number of nitriles is 1. The largest absolute Gasteiger partial charge is 0.489 e. The summed E-state index contributed by atoms with van der Waals surface area (Å²) in [6, 6.07) is 25.9. The van der Waals surface area contributed by atoms with Crippen LogP contribution >= 0.6 is 11.8 Å². The molecule has 176 valence electrons. The van der Waals surface area contributed by atoms with Gasteiger partial charge in [-0.25, -0.2) is 9.97 Å². The van der Waals surface area contributed by atoms with Gasteiger partial charge in [0.1, 0.15) is 17.9 Å². The lowest BCUT2D eigenvalue weighted by atomic mass is 10.1. The molecule has 0 aliphatic heterocycles. The van der Waals surface area contributed by atoms with E-state index in [1.54, 1.807) is 48.8 Å². The maximum absolute atomic E-state index is 13.3. The van der Waals surface area contributed by atoms with Crippen LogP contribution in [0.15, 0.2) is 101 Å². The Hall–Kier alpha value is -4.61. The van der Waals surface area contributed by atoms with Gasteiger partial charge in [-0.05, 0) is 42.0 Å². The molecule has 2 aromatic heterocycles. The Balaban J connectivity index is 1.33. The van der Waals surface area contributed by atoms with Crippen LogP contribution in [-0.4, -0.2) is 15.9 Å². The Kier molecular flexibility index (Phi) is 6.92. The summed E-state index contributed by atoms with van der Waals surface area (Å²) in [5.74, 6) is 0.972. The number of rotatable bonds is 8. The summed E-state index contributed by atoms with van der Waals surface area (Å²) in [5, 5.41) is 13.5. The Bertz CT molecular complexity index is 1560. The monoisotopic (exact) mass is 492 g/mol. The second kappa shape index (κ2) is 10.8. The Labute approximate surface area is 211 Å². The first kappa shape index (κ1) is 23.1. The minimum atomic E-state index is -0.352. The summed E-state index contributed by atoms with van der Waals surface area (Å²) in [6.07, 6.45) is 3.37. The molecule has 5 aromatic rings. The van der Waals surface area contributed by atoms with Gasteiger partial charge in [-0.1, -0.05) is 48.2 Å². The highest BCUT2D eigenvalue weighted by atomic mass is 32.2. The SMILES string of the molecule is N#Cc1cccc(COc2cccc(NC(=O)c3oc4ccccc4c3CSc3ncccn3)c2)c1. The molecule has 5 rings (SSSR count). The molecule has 0 fully saturated rings. The summed E-state index contributed by atoms with van der Waals surface area (Å²) in [7, 11) is 0. The summed E-state index contributed by atoms with van der Waals surface area (Å²) in [5.41, 5.74) is 3.47. The number of hydrogen-bond donors (Lipinski definition) is 1. The van der Waals surface area contributed by atoms with Crippen molar-refractivity contribution < 1.29 is 13.9 Å². The summed E-state index contributed by atoms with van der Waals surface area (Å²) in [6.45, 7) is 0.305. The van der Waals surface area contributed by atoms with Crippen LogP contribution in [0, 0.1) is 11.3 Å².